The van der Waals surface area contributed by atoms with Crippen LogP contribution < -0.4 is 4.74 Å². The van der Waals surface area contributed by atoms with Crippen molar-refractivity contribution in [3.63, 3.8) is 0 Å². The van der Waals surface area contributed by atoms with Gasteiger partial charge in [0.05, 0.1) is 14.2 Å². The maximum absolute atomic E-state index is 12.9. The lowest BCUT2D eigenvalue weighted by Crippen LogP contribution is -2.38. The number of carbonyl (C=O) groups excluding carboxylic acids is 2. The Hall–Kier alpha value is -2.86. The number of hydrogen-bond acceptors (Lipinski definition) is 5. The van der Waals surface area contributed by atoms with Crippen LogP contribution in [0.25, 0.3) is 11.1 Å². The van der Waals surface area contributed by atoms with Gasteiger partial charge in [0.15, 0.2) is 0 Å². The molecule has 148 valence electrons. The molecule has 0 radical (unpaired) electrons. The minimum atomic E-state index is -0.449. The Bertz CT molecular complexity index is 881. The number of likely N-dealkylation sites (tertiary alicyclic amines) is 1. The Labute approximate surface area is 165 Å². The van der Waals surface area contributed by atoms with E-state index in [9.17, 15) is 9.59 Å². The predicted molar refractivity (Wildman–Crippen MR) is 108 cm³/mol. The molecule has 28 heavy (non-hydrogen) atoms. The SMILES string of the molecule is COC(=O)c1ccc(-c2cccc(C(=O)N(C)[C@H]3CCN(C)C3)c2)cc1OC. The van der Waals surface area contributed by atoms with Crippen LogP contribution in [0.2, 0.25) is 0 Å². The van der Waals surface area contributed by atoms with E-state index in [4.69, 9.17) is 9.47 Å². The summed E-state index contributed by atoms with van der Waals surface area (Å²) in [7, 11) is 6.79. The van der Waals surface area contributed by atoms with Gasteiger partial charge in [-0.15, -0.1) is 0 Å². The number of hydrogen-bond donors (Lipinski definition) is 0. The number of nitrogens with zero attached hydrogens (tertiary/aromatic N) is 2. The van der Waals surface area contributed by atoms with Crippen molar-refractivity contribution in [3.05, 3.63) is 53.6 Å². The second-order valence-corrected chi connectivity index (χ2v) is 7.11. The van der Waals surface area contributed by atoms with Crippen molar-refractivity contribution < 1.29 is 19.1 Å². The van der Waals surface area contributed by atoms with Crippen molar-refractivity contribution >= 4 is 11.9 Å². The minimum absolute atomic E-state index is 0.0142. The summed E-state index contributed by atoms with van der Waals surface area (Å²) in [4.78, 5) is 28.9. The van der Waals surface area contributed by atoms with Gasteiger partial charge in [0.1, 0.15) is 11.3 Å². The summed E-state index contributed by atoms with van der Waals surface area (Å²) in [6, 6.07) is 13.0. The maximum atomic E-state index is 12.9. The molecule has 6 heteroatoms. The molecule has 0 unspecified atom stereocenters. The number of amides is 1. The number of methoxy groups -OCH3 is 2. The first-order valence-electron chi connectivity index (χ1n) is 9.27. The van der Waals surface area contributed by atoms with Gasteiger partial charge in [0.25, 0.3) is 5.91 Å². The van der Waals surface area contributed by atoms with Gasteiger partial charge in [-0.3, -0.25) is 4.79 Å². The highest BCUT2D eigenvalue weighted by atomic mass is 16.5. The summed E-state index contributed by atoms with van der Waals surface area (Å²) in [6.07, 6.45) is 0.991. The molecule has 0 spiro atoms. The van der Waals surface area contributed by atoms with E-state index >= 15 is 0 Å². The van der Waals surface area contributed by atoms with Crippen LogP contribution in [-0.4, -0.2) is 69.1 Å². The summed E-state index contributed by atoms with van der Waals surface area (Å²) in [5.41, 5.74) is 2.76. The lowest BCUT2D eigenvalue weighted by atomic mass is 10.0. The highest BCUT2D eigenvalue weighted by Gasteiger charge is 2.27. The third kappa shape index (κ3) is 4.02. The smallest absolute Gasteiger partial charge is 0.341 e. The van der Waals surface area contributed by atoms with Crippen LogP contribution in [0.15, 0.2) is 42.5 Å². The molecular weight excluding hydrogens is 356 g/mol. The second-order valence-electron chi connectivity index (χ2n) is 7.11. The Morgan fingerprint density at radius 1 is 1.11 bits per heavy atom. The van der Waals surface area contributed by atoms with Crippen LogP contribution in [0.4, 0.5) is 0 Å². The molecular formula is C22H26N2O4. The normalized spacial score (nSPS) is 16.6. The second kappa shape index (κ2) is 8.44. The van der Waals surface area contributed by atoms with Gasteiger partial charge < -0.3 is 19.3 Å². The average Bonchev–Trinajstić information content (AvgIpc) is 3.17. The zero-order valence-electron chi connectivity index (χ0n) is 16.8. The summed E-state index contributed by atoms with van der Waals surface area (Å²) in [5, 5.41) is 0. The van der Waals surface area contributed by atoms with Crippen LogP contribution >= 0.6 is 0 Å². The van der Waals surface area contributed by atoms with Gasteiger partial charge in [0, 0.05) is 25.2 Å². The Morgan fingerprint density at radius 3 is 2.50 bits per heavy atom. The van der Waals surface area contributed by atoms with E-state index < -0.39 is 5.97 Å². The maximum Gasteiger partial charge on any atom is 0.341 e. The van der Waals surface area contributed by atoms with Crippen LogP contribution in [0.5, 0.6) is 5.75 Å². The third-order valence-electron chi connectivity index (χ3n) is 5.28. The van der Waals surface area contributed by atoms with Gasteiger partial charge in [0.2, 0.25) is 0 Å². The van der Waals surface area contributed by atoms with Crippen LogP contribution in [0, 0.1) is 0 Å². The zero-order chi connectivity index (χ0) is 20.3. The number of likely N-dealkylation sites (N-methyl/N-ethyl adjacent to an activating group) is 2. The fourth-order valence-corrected chi connectivity index (χ4v) is 3.58. The number of rotatable bonds is 5. The summed E-state index contributed by atoms with van der Waals surface area (Å²) < 4.78 is 10.1. The average molecular weight is 382 g/mol. The van der Waals surface area contributed by atoms with Crippen LogP contribution in [0.1, 0.15) is 27.1 Å². The molecule has 1 aliphatic heterocycles. The van der Waals surface area contributed by atoms with Crippen LogP contribution in [0.3, 0.4) is 0 Å². The fraction of sp³-hybridized carbons (Fsp3) is 0.364. The summed E-state index contributed by atoms with van der Waals surface area (Å²) >= 11 is 0. The van der Waals surface area contributed by atoms with Gasteiger partial charge >= 0.3 is 5.97 Å². The first-order valence-corrected chi connectivity index (χ1v) is 9.27. The van der Waals surface area contributed by atoms with E-state index in [2.05, 4.69) is 11.9 Å². The molecule has 2 aromatic rings. The van der Waals surface area contributed by atoms with Crippen molar-refractivity contribution in [1.29, 1.82) is 0 Å². The van der Waals surface area contributed by atoms with Gasteiger partial charge in [-0.2, -0.15) is 0 Å². The molecule has 1 aliphatic rings. The van der Waals surface area contributed by atoms with Gasteiger partial charge in [-0.25, -0.2) is 4.79 Å². The first kappa shape index (κ1) is 19.9. The number of carbonyl (C=O) groups is 2. The lowest BCUT2D eigenvalue weighted by Gasteiger charge is -2.24. The Balaban J connectivity index is 1.87. The molecule has 1 atom stereocenters. The van der Waals surface area contributed by atoms with Crippen LogP contribution in [-0.2, 0) is 4.74 Å². The lowest BCUT2D eigenvalue weighted by molar-refractivity contribution is 0.0596. The summed E-state index contributed by atoms with van der Waals surface area (Å²) in [5.74, 6) is 0.00275. The molecule has 2 aromatic carbocycles. The van der Waals surface area contributed by atoms with Gasteiger partial charge in [-0.05, 0) is 55.4 Å². The van der Waals surface area contributed by atoms with Crippen molar-refractivity contribution in [3.8, 4) is 16.9 Å². The standard InChI is InChI=1S/C22H26N2O4/c1-23-11-10-18(14-23)24(2)21(25)17-7-5-6-15(12-17)16-8-9-19(22(26)28-4)20(13-16)27-3/h5-9,12-13,18H,10-11,14H2,1-4H3/t18-/m0/s1. The number of esters is 1. The topological polar surface area (TPSA) is 59.1 Å². The van der Waals surface area contributed by atoms with E-state index in [1.165, 1.54) is 14.2 Å². The predicted octanol–water partition coefficient (Wildman–Crippen LogP) is 2.92. The molecule has 0 bridgehead atoms. The number of ether oxygens (including phenoxy) is 2. The number of benzene rings is 2. The zero-order valence-corrected chi connectivity index (χ0v) is 16.8. The highest BCUT2D eigenvalue weighted by molar-refractivity contribution is 5.96. The van der Waals surface area contributed by atoms with Crippen molar-refractivity contribution in [1.82, 2.24) is 9.80 Å². The molecule has 0 saturated carbocycles. The molecule has 1 saturated heterocycles. The fourth-order valence-electron chi connectivity index (χ4n) is 3.58. The van der Waals surface area contributed by atoms with E-state index in [0.717, 1.165) is 30.6 Å². The van der Waals surface area contributed by atoms with E-state index in [1.807, 2.05) is 42.3 Å². The minimum Gasteiger partial charge on any atom is -0.496 e. The molecule has 0 aromatic heterocycles. The Kier molecular flexibility index (Phi) is 5.99. The van der Waals surface area contributed by atoms with Crippen molar-refractivity contribution in [2.45, 2.75) is 12.5 Å². The van der Waals surface area contributed by atoms with Crippen molar-refractivity contribution in [2.75, 3.05) is 41.4 Å². The van der Waals surface area contributed by atoms with Gasteiger partial charge in [-0.1, -0.05) is 18.2 Å². The molecule has 6 nitrogen and oxygen atoms in total. The molecule has 1 heterocycles. The van der Waals surface area contributed by atoms with E-state index in [1.54, 1.807) is 12.1 Å². The largest absolute Gasteiger partial charge is 0.496 e. The molecule has 0 N–H and O–H groups in total. The van der Waals surface area contributed by atoms with E-state index in [-0.39, 0.29) is 11.9 Å². The molecule has 1 amide bonds. The highest BCUT2D eigenvalue weighted by Crippen LogP contribution is 2.29. The molecule has 3 rings (SSSR count). The quantitative estimate of drug-likeness (QED) is 0.744. The molecule has 0 aliphatic carbocycles. The van der Waals surface area contributed by atoms with Crippen molar-refractivity contribution in [2.24, 2.45) is 0 Å². The monoisotopic (exact) mass is 382 g/mol. The molecule has 1 fully saturated rings. The Morgan fingerprint density at radius 2 is 1.86 bits per heavy atom. The third-order valence-corrected chi connectivity index (χ3v) is 5.28. The first-order chi connectivity index (χ1) is 13.4. The summed E-state index contributed by atoms with van der Waals surface area (Å²) in [6.45, 7) is 1.91. The van der Waals surface area contributed by atoms with E-state index in [0.29, 0.717) is 16.9 Å².